The van der Waals surface area contributed by atoms with Crippen LogP contribution in [0, 0.1) is 0 Å². The maximum Gasteiger partial charge on any atom is 0.0295 e. The van der Waals surface area contributed by atoms with Crippen molar-refractivity contribution in [2.75, 3.05) is 0 Å². The van der Waals surface area contributed by atoms with Crippen molar-refractivity contribution in [3.8, 4) is 0 Å². The summed E-state index contributed by atoms with van der Waals surface area (Å²) in [5.74, 6) is 0. The van der Waals surface area contributed by atoms with Crippen molar-refractivity contribution < 1.29 is 0 Å². The zero-order valence-corrected chi connectivity index (χ0v) is 15.9. The van der Waals surface area contributed by atoms with Crippen molar-refractivity contribution in [1.29, 1.82) is 0 Å². The molecule has 0 saturated heterocycles. The zero-order chi connectivity index (χ0) is 13.4. The Morgan fingerprint density at radius 3 is 2.75 bits per heavy atom. The molecule has 2 aromatic carbocycles. The second-order valence-electron chi connectivity index (χ2n) is 4.46. The van der Waals surface area contributed by atoms with Gasteiger partial charge in [0.05, 0.1) is 0 Å². The summed E-state index contributed by atoms with van der Waals surface area (Å²) in [4.78, 5) is 0. The van der Waals surface area contributed by atoms with E-state index in [4.69, 9.17) is 0 Å². The maximum atomic E-state index is 2.37. The van der Waals surface area contributed by atoms with Gasteiger partial charge < -0.3 is 0 Å². The molecule has 0 fully saturated rings. The topological polar surface area (TPSA) is 0 Å². The monoisotopic (exact) mass is 364 g/mol. The largest absolute Gasteiger partial charge is 0.0658 e. The lowest BCUT2D eigenvalue weighted by molar-refractivity contribution is 1.46. The van der Waals surface area contributed by atoms with Crippen LogP contribution in [0.3, 0.4) is 0 Å². The quantitative estimate of drug-likeness (QED) is 0.399. The van der Waals surface area contributed by atoms with E-state index < -0.39 is 0 Å². The van der Waals surface area contributed by atoms with Gasteiger partial charge in [-0.15, -0.1) is 0 Å². The van der Waals surface area contributed by atoms with Crippen LogP contribution in [0.25, 0.3) is 10.5 Å². The maximum absolute atomic E-state index is 2.37. The summed E-state index contributed by atoms with van der Waals surface area (Å²) in [6.45, 7) is 0. The molecule has 0 aliphatic carbocycles. The van der Waals surface area contributed by atoms with Gasteiger partial charge in [-0.3, -0.25) is 0 Å². The standard InChI is InChI=1S/C14H10P6/c1-4-8-13-10(5-1)9-15-19-20(13)14-11-6-2-3-7-12(11)16-18-17-14/h1-8H,9H2. The summed E-state index contributed by atoms with van der Waals surface area (Å²) in [5, 5.41) is 6.41. The van der Waals surface area contributed by atoms with Crippen LogP contribution in [0.1, 0.15) is 5.56 Å². The predicted molar refractivity (Wildman–Crippen MR) is 102 cm³/mol. The Balaban J connectivity index is 1.96. The molecule has 0 amide bonds. The molecule has 1 aliphatic heterocycles. The molecular weight excluding hydrogens is 354 g/mol. The summed E-state index contributed by atoms with van der Waals surface area (Å²) in [5.41, 5.74) is 1.58. The van der Waals surface area contributed by atoms with Gasteiger partial charge in [-0.05, 0) is 47.8 Å². The van der Waals surface area contributed by atoms with Gasteiger partial charge in [0.15, 0.2) is 0 Å². The molecule has 0 spiro atoms. The minimum atomic E-state index is -0.140. The number of rotatable bonds is 1. The molecule has 0 N–H and O–H groups in total. The Hall–Kier alpha value is 0.240. The van der Waals surface area contributed by atoms with E-state index in [1.807, 2.05) is 0 Å². The summed E-state index contributed by atoms with van der Waals surface area (Å²) >= 11 is 0. The summed E-state index contributed by atoms with van der Waals surface area (Å²) < 4.78 is 0. The Morgan fingerprint density at radius 2 is 1.75 bits per heavy atom. The molecule has 3 aromatic rings. The van der Waals surface area contributed by atoms with Crippen molar-refractivity contribution in [1.82, 2.24) is 0 Å². The zero-order valence-electron chi connectivity index (χ0n) is 10.5. The molecule has 6 heteroatoms. The lowest BCUT2D eigenvalue weighted by Gasteiger charge is -2.20. The van der Waals surface area contributed by atoms with Crippen molar-refractivity contribution in [3.63, 3.8) is 0 Å². The average Bonchev–Trinajstić information content (AvgIpc) is 2.54. The van der Waals surface area contributed by atoms with Crippen LogP contribution in [-0.4, -0.2) is 0 Å². The molecule has 0 nitrogen and oxygen atoms in total. The first-order valence-electron chi connectivity index (χ1n) is 6.27. The molecule has 1 aromatic heterocycles. The Morgan fingerprint density at radius 1 is 0.900 bits per heavy atom. The number of benzene rings is 2. The SMILES string of the molecule is c1ccc2c(c1)CP=PP2c1pppc2ccccc12. The second kappa shape index (κ2) is 6.16. The highest BCUT2D eigenvalue weighted by Gasteiger charge is 2.20. The van der Waals surface area contributed by atoms with Gasteiger partial charge in [0, 0.05) is 29.3 Å². The smallest absolute Gasteiger partial charge is 0.0295 e. The fourth-order valence-electron chi connectivity index (χ4n) is 2.30. The molecule has 0 saturated carbocycles. The van der Waals surface area contributed by atoms with Crippen LogP contribution in [0.4, 0.5) is 0 Å². The predicted octanol–water partition coefficient (Wildman–Crippen LogP) is 7.25. The lowest BCUT2D eigenvalue weighted by atomic mass is 10.2. The summed E-state index contributed by atoms with van der Waals surface area (Å²) in [6.07, 6.45) is 1.23. The molecular formula is C14H10P6. The second-order valence-corrected chi connectivity index (χ2v) is 16.2. The highest BCUT2D eigenvalue weighted by molar-refractivity contribution is 8.40. The van der Waals surface area contributed by atoms with Gasteiger partial charge in [-0.2, -0.15) is 0 Å². The van der Waals surface area contributed by atoms with Gasteiger partial charge in [-0.25, -0.2) is 0 Å². The summed E-state index contributed by atoms with van der Waals surface area (Å²) in [6, 6.07) is 18.1. The third-order valence-corrected chi connectivity index (χ3v) is 17.4. The Bertz CT molecular complexity index is 808. The minimum Gasteiger partial charge on any atom is -0.0658 e. The van der Waals surface area contributed by atoms with Crippen molar-refractivity contribution in [3.05, 3.63) is 54.1 Å². The van der Waals surface area contributed by atoms with Gasteiger partial charge in [-0.1, -0.05) is 50.3 Å². The van der Waals surface area contributed by atoms with Gasteiger partial charge in [0.1, 0.15) is 0 Å². The number of hydrogen-bond acceptors (Lipinski definition) is 0. The van der Waals surface area contributed by atoms with E-state index in [0.717, 1.165) is 0 Å². The first-order valence-corrected chi connectivity index (χ1v) is 15.1. The Labute approximate surface area is 127 Å². The van der Waals surface area contributed by atoms with Crippen LogP contribution < -0.4 is 10.3 Å². The van der Waals surface area contributed by atoms with E-state index >= 15 is 0 Å². The van der Waals surface area contributed by atoms with Crippen LogP contribution in [0.2, 0.25) is 0 Å². The van der Waals surface area contributed by atoms with E-state index in [2.05, 4.69) is 48.5 Å². The van der Waals surface area contributed by atoms with Gasteiger partial charge >= 0.3 is 0 Å². The van der Waals surface area contributed by atoms with Crippen molar-refractivity contribution >= 4 is 67.2 Å². The molecule has 20 heavy (non-hydrogen) atoms. The molecule has 1 aliphatic rings. The lowest BCUT2D eigenvalue weighted by Crippen LogP contribution is -2.11. The Kier molecular flexibility index (Phi) is 4.27. The fraction of sp³-hybridized carbons (Fsp3) is 0.0714. The van der Waals surface area contributed by atoms with Crippen LogP contribution in [-0.2, 0) is 6.16 Å². The molecule has 4 rings (SSSR count). The number of hydrogen-bond donors (Lipinski definition) is 0. The molecule has 1 unspecified atom stereocenters. The molecule has 0 radical (unpaired) electrons. The van der Waals surface area contributed by atoms with Crippen LogP contribution in [0.5, 0.6) is 0 Å². The normalized spacial score (nSPS) is 19.9. The van der Waals surface area contributed by atoms with Crippen LogP contribution in [0.15, 0.2) is 48.5 Å². The van der Waals surface area contributed by atoms with E-state index in [1.54, 1.807) is 36.7 Å². The highest BCUT2D eigenvalue weighted by Crippen LogP contribution is 2.60. The van der Waals surface area contributed by atoms with E-state index in [1.165, 1.54) is 34.6 Å². The highest BCUT2D eigenvalue weighted by atomic mass is 32.2. The average molecular weight is 364 g/mol. The number of fused-ring (bicyclic) bond motifs is 2. The third-order valence-electron chi connectivity index (χ3n) is 3.25. The van der Waals surface area contributed by atoms with E-state index in [0.29, 0.717) is 0 Å². The molecule has 96 valence electrons. The molecule has 1 atom stereocenters. The first kappa shape index (κ1) is 13.9. The molecule has 0 bridgehead atoms. The first-order chi connectivity index (χ1) is 9.93. The minimum absolute atomic E-state index is 0.140. The van der Waals surface area contributed by atoms with Crippen LogP contribution >= 0.6 is 46.3 Å². The fourth-order valence-corrected chi connectivity index (χ4v) is 19.7. The van der Waals surface area contributed by atoms with Gasteiger partial charge in [0.2, 0.25) is 0 Å². The third kappa shape index (κ3) is 2.54. The molecule has 2 heterocycles. The van der Waals surface area contributed by atoms with Crippen molar-refractivity contribution in [2.45, 2.75) is 6.16 Å². The van der Waals surface area contributed by atoms with Gasteiger partial charge in [0.25, 0.3) is 0 Å². The van der Waals surface area contributed by atoms with Crippen molar-refractivity contribution in [2.24, 2.45) is 0 Å². The van der Waals surface area contributed by atoms with E-state index in [-0.39, 0.29) is 7.61 Å². The summed E-state index contributed by atoms with van der Waals surface area (Å²) in [7, 11) is 7.61. The van der Waals surface area contributed by atoms with E-state index in [9.17, 15) is 0 Å².